The van der Waals surface area contributed by atoms with Crippen LogP contribution in [0.4, 0.5) is 4.39 Å². The van der Waals surface area contributed by atoms with Gasteiger partial charge in [0.15, 0.2) is 5.82 Å². The van der Waals surface area contributed by atoms with Crippen molar-refractivity contribution in [1.29, 1.82) is 0 Å². The van der Waals surface area contributed by atoms with Crippen molar-refractivity contribution in [3.63, 3.8) is 0 Å². The zero-order valence-electron chi connectivity index (χ0n) is 14.7. The maximum Gasteiger partial charge on any atom is 0.249 e. The number of carbonyl (C=O) groups is 1. The Morgan fingerprint density at radius 2 is 2.19 bits per heavy atom. The lowest BCUT2D eigenvalue weighted by Crippen LogP contribution is -2.33. The monoisotopic (exact) mass is 363 g/mol. The molecule has 0 radical (unpaired) electrons. The predicted molar refractivity (Wildman–Crippen MR) is 90.1 cm³/mol. The molecule has 8 heteroatoms. The second-order valence-corrected chi connectivity index (χ2v) is 5.98. The average Bonchev–Trinajstić information content (AvgIpc) is 3.30. The largest absolute Gasteiger partial charge is 0.493 e. The Labute approximate surface area is 151 Å². The van der Waals surface area contributed by atoms with Gasteiger partial charge in [0.05, 0.1) is 6.61 Å². The van der Waals surface area contributed by atoms with E-state index in [1.54, 1.807) is 17.0 Å². The van der Waals surface area contributed by atoms with Gasteiger partial charge in [-0.2, -0.15) is 4.98 Å². The summed E-state index contributed by atoms with van der Waals surface area (Å²) in [6.07, 6.45) is 2.15. The lowest BCUT2D eigenvalue weighted by molar-refractivity contribution is -0.137. The molecule has 2 heterocycles. The Bertz CT molecular complexity index is 719. The molecule has 0 saturated carbocycles. The van der Waals surface area contributed by atoms with Gasteiger partial charge < -0.3 is 18.9 Å². The molecule has 1 amide bonds. The Morgan fingerprint density at radius 1 is 1.38 bits per heavy atom. The van der Waals surface area contributed by atoms with Crippen molar-refractivity contribution in [3.8, 4) is 5.75 Å². The number of rotatable bonds is 8. The molecule has 0 spiro atoms. The number of amides is 1. The van der Waals surface area contributed by atoms with Crippen molar-refractivity contribution in [3.05, 3.63) is 41.8 Å². The van der Waals surface area contributed by atoms with Gasteiger partial charge in [-0.3, -0.25) is 4.79 Å². The van der Waals surface area contributed by atoms with Gasteiger partial charge >= 0.3 is 0 Å². The van der Waals surface area contributed by atoms with Gasteiger partial charge in [-0.15, -0.1) is 0 Å². The summed E-state index contributed by atoms with van der Waals surface area (Å²) < 4.78 is 28.9. The van der Waals surface area contributed by atoms with Crippen LogP contribution >= 0.6 is 0 Å². The summed E-state index contributed by atoms with van der Waals surface area (Å²) in [7, 11) is 0. The summed E-state index contributed by atoms with van der Waals surface area (Å²) in [5.74, 6) is 1.18. The molecule has 0 N–H and O–H groups in total. The van der Waals surface area contributed by atoms with Crippen LogP contribution in [0.1, 0.15) is 37.5 Å². The number of hydrogen-bond donors (Lipinski definition) is 0. The number of halogens is 1. The fraction of sp³-hybridized carbons (Fsp3) is 0.500. The lowest BCUT2D eigenvalue weighted by Gasteiger charge is -2.21. The van der Waals surface area contributed by atoms with Crippen molar-refractivity contribution in [1.82, 2.24) is 15.0 Å². The van der Waals surface area contributed by atoms with Crippen LogP contribution in [0, 0.1) is 5.82 Å². The van der Waals surface area contributed by atoms with Gasteiger partial charge in [-0.1, -0.05) is 5.16 Å². The van der Waals surface area contributed by atoms with Crippen LogP contribution < -0.4 is 4.74 Å². The zero-order valence-corrected chi connectivity index (χ0v) is 14.7. The molecule has 0 aliphatic carbocycles. The van der Waals surface area contributed by atoms with Crippen LogP contribution in [0.15, 0.2) is 28.8 Å². The van der Waals surface area contributed by atoms with E-state index in [4.69, 9.17) is 14.0 Å². The highest BCUT2D eigenvalue weighted by Gasteiger charge is 2.33. The van der Waals surface area contributed by atoms with E-state index in [9.17, 15) is 9.18 Å². The smallest absolute Gasteiger partial charge is 0.249 e. The predicted octanol–water partition coefficient (Wildman–Crippen LogP) is 2.53. The van der Waals surface area contributed by atoms with Gasteiger partial charge in [0, 0.05) is 19.6 Å². The third-order valence-electron chi connectivity index (χ3n) is 4.18. The number of hydrogen-bond acceptors (Lipinski definition) is 6. The van der Waals surface area contributed by atoms with Crippen molar-refractivity contribution >= 4 is 5.91 Å². The van der Waals surface area contributed by atoms with E-state index >= 15 is 0 Å². The molecule has 1 aromatic heterocycles. The molecule has 1 aromatic carbocycles. The molecule has 1 fully saturated rings. The molecular formula is C18H22FN3O4. The Kier molecular flexibility index (Phi) is 6.17. The maximum absolute atomic E-state index is 12.9. The third kappa shape index (κ3) is 4.57. The van der Waals surface area contributed by atoms with Crippen LogP contribution in [0.25, 0.3) is 0 Å². The van der Waals surface area contributed by atoms with E-state index in [0.717, 1.165) is 12.8 Å². The van der Waals surface area contributed by atoms with E-state index in [2.05, 4.69) is 10.1 Å². The third-order valence-corrected chi connectivity index (χ3v) is 4.18. The number of carbonyl (C=O) groups excluding carboxylic acids is 1. The minimum atomic E-state index is -0.305. The molecule has 1 unspecified atom stereocenters. The molecule has 1 aliphatic rings. The highest BCUT2D eigenvalue weighted by Crippen LogP contribution is 2.30. The number of aromatic nitrogens is 2. The van der Waals surface area contributed by atoms with E-state index in [1.165, 1.54) is 12.1 Å². The quantitative estimate of drug-likeness (QED) is 0.717. The first-order valence-corrected chi connectivity index (χ1v) is 8.75. The molecule has 1 saturated heterocycles. The molecule has 1 aliphatic heterocycles. The Balaban J connectivity index is 1.53. The van der Waals surface area contributed by atoms with Crippen LogP contribution in [0.3, 0.4) is 0 Å². The molecule has 26 heavy (non-hydrogen) atoms. The van der Waals surface area contributed by atoms with Crippen LogP contribution in [-0.4, -0.2) is 47.3 Å². The van der Waals surface area contributed by atoms with Crippen LogP contribution in [-0.2, 0) is 16.0 Å². The Morgan fingerprint density at radius 3 is 2.96 bits per heavy atom. The zero-order chi connectivity index (χ0) is 18.4. The van der Waals surface area contributed by atoms with Crippen molar-refractivity contribution in [2.45, 2.75) is 32.2 Å². The van der Waals surface area contributed by atoms with Gasteiger partial charge in [0.25, 0.3) is 0 Å². The first-order chi connectivity index (χ1) is 12.7. The highest BCUT2D eigenvalue weighted by atomic mass is 19.1. The number of ether oxygens (including phenoxy) is 2. The highest BCUT2D eigenvalue weighted by molar-refractivity contribution is 5.78. The SMILES string of the molecule is CCOCC(=O)N1CCCC1c1nc(CCOc2ccc(F)cc2)no1. The average molecular weight is 363 g/mol. The number of nitrogens with zero attached hydrogens (tertiary/aromatic N) is 3. The summed E-state index contributed by atoms with van der Waals surface area (Å²) in [5.41, 5.74) is 0. The minimum absolute atomic E-state index is 0.0613. The van der Waals surface area contributed by atoms with E-state index < -0.39 is 0 Å². The summed E-state index contributed by atoms with van der Waals surface area (Å²) in [5, 5.41) is 3.97. The van der Waals surface area contributed by atoms with Gasteiger partial charge in [0.1, 0.15) is 24.2 Å². The normalized spacial score (nSPS) is 16.8. The number of likely N-dealkylation sites (tertiary alicyclic amines) is 1. The first kappa shape index (κ1) is 18.3. The fourth-order valence-electron chi connectivity index (χ4n) is 2.89. The summed E-state index contributed by atoms with van der Waals surface area (Å²) in [4.78, 5) is 18.3. The van der Waals surface area contributed by atoms with E-state index in [-0.39, 0.29) is 24.4 Å². The van der Waals surface area contributed by atoms with Crippen molar-refractivity contribution in [2.75, 3.05) is 26.4 Å². The number of benzene rings is 1. The standard InChI is InChI=1S/C18H22FN3O4/c1-2-24-12-17(23)22-10-3-4-15(22)18-20-16(21-26-18)9-11-25-14-7-5-13(19)6-8-14/h5-8,15H,2-4,9-12H2,1H3. The molecule has 1 atom stereocenters. The summed E-state index contributed by atoms with van der Waals surface area (Å²) >= 11 is 0. The Hall–Kier alpha value is -2.48. The van der Waals surface area contributed by atoms with Gasteiger partial charge in [-0.25, -0.2) is 4.39 Å². The van der Waals surface area contributed by atoms with Gasteiger partial charge in [0.2, 0.25) is 11.8 Å². The molecule has 140 valence electrons. The minimum Gasteiger partial charge on any atom is -0.493 e. The molecular weight excluding hydrogens is 341 g/mol. The van der Waals surface area contributed by atoms with Crippen LogP contribution in [0.5, 0.6) is 5.75 Å². The van der Waals surface area contributed by atoms with Crippen molar-refractivity contribution in [2.24, 2.45) is 0 Å². The molecule has 3 rings (SSSR count). The topological polar surface area (TPSA) is 77.7 Å². The van der Waals surface area contributed by atoms with E-state index in [1.807, 2.05) is 6.92 Å². The maximum atomic E-state index is 12.9. The summed E-state index contributed by atoms with van der Waals surface area (Å²) in [6, 6.07) is 5.63. The van der Waals surface area contributed by atoms with E-state index in [0.29, 0.717) is 43.6 Å². The van der Waals surface area contributed by atoms with Crippen LogP contribution in [0.2, 0.25) is 0 Å². The van der Waals surface area contributed by atoms with Gasteiger partial charge in [-0.05, 0) is 44.0 Å². The first-order valence-electron chi connectivity index (χ1n) is 8.75. The summed E-state index contributed by atoms with van der Waals surface area (Å²) in [6.45, 7) is 3.44. The lowest BCUT2D eigenvalue weighted by atomic mass is 10.2. The van der Waals surface area contributed by atoms with Crippen molar-refractivity contribution < 1.29 is 23.2 Å². The second-order valence-electron chi connectivity index (χ2n) is 5.98. The molecule has 0 bridgehead atoms. The fourth-order valence-corrected chi connectivity index (χ4v) is 2.89. The molecule has 7 nitrogen and oxygen atoms in total. The second kappa shape index (κ2) is 8.75. The molecule has 2 aromatic rings.